The Morgan fingerprint density at radius 3 is 2.21 bits per heavy atom. The van der Waals surface area contributed by atoms with Crippen LogP contribution in [0.15, 0.2) is 12.1 Å². The fourth-order valence-electron chi connectivity index (χ4n) is 1.79. The maximum absolute atomic E-state index is 11.9. The number of carbonyl (C=O) groups is 1. The van der Waals surface area contributed by atoms with Crippen molar-refractivity contribution in [3.05, 3.63) is 34.4 Å². The highest BCUT2D eigenvalue weighted by Gasteiger charge is 2.31. The molecule has 0 aliphatic heterocycles. The van der Waals surface area contributed by atoms with Gasteiger partial charge in [0.05, 0.1) is 0 Å². The summed E-state index contributed by atoms with van der Waals surface area (Å²) < 4.78 is 0. The summed E-state index contributed by atoms with van der Waals surface area (Å²) in [5.74, 6) is 0.682. The number of hydrogen-bond acceptors (Lipinski definition) is 1. The molecule has 0 spiro atoms. The maximum atomic E-state index is 11.9. The van der Waals surface area contributed by atoms with E-state index >= 15 is 0 Å². The summed E-state index contributed by atoms with van der Waals surface area (Å²) in [7, 11) is 0. The molecule has 0 radical (unpaired) electrons. The molecule has 2 rings (SSSR count). The molecule has 74 valence electrons. The number of hydrogen-bond donors (Lipinski definition) is 0. The van der Waals surface area contributed by atoms with Crippen LogP contribution in [0.3, 0.4) is 0 Å². The average molecular weight is 188 g/mol. The van der Waals surface area contributed by atoms with E-state index in [-0.39, 0.29) is 0 Å². The van der Waals surface area contributed by atoms with Crippen LogP contribution in [0.2, 0.25) is 0 Å². The van der Waals surface area contributed by atoms with Crippen LogP contribution >= 0.6 is 0 Å². The molecule has 0 bridgehead atoms. The first-order valence-electron chi connectivity index (χ1n) is 5.21. The van der Waals surface area contributed by atoms with Crippen LogP contribution in [0, 0.1) is 26.7 Å². The molecule has 0 atom stereocenters. The Kier molecular flexibility index (Phi) is 2.18. The second-order valence-corrected chi connectivity index (χ2v) is 4.39. The highest BCUT2D eigenvalue weighted by molar-refractivity contribution is 6.00. The Labute approximate surface area is 85.1 Å². The zero-order valence-electron chi connectivity index (χ0n) is 9.05. The quantitative estimate of drug-likeness (QED) is 0.651. The highest BCUT2D eigenvalue weighted by Crippen LogP contribution is 2.33. The number of carbonyl (C=O) groups excluding carboxylic acids is 1. The van der Waals surface area contributed by atoms with Crippen molar-refractivity contribution < 1.29 is 4.79 Å². The van der Waals surface area contributed by atoms with E-state index in [0.29, 0.717) is 11.7 Å². The molecule has 0 unspecified atom stereocenters. The lowest BCUT2D eigenvalue weighted by atomic mass is 9.96. The summed E-state index contributed by atoms with van der Waals surface area (Å²) in [5, 5.41) is 0. The number of rotatable bonds is 2. The monoisotopic (exact) mass is 188 g/mol. The highest BCUT2D eigenvalue weighted by atomic mass is 16.1. The molecular weight excluding hydrogens is 172 g/mol. The zero-order chi connectivity index (χ0) is 10.3. The minimum atomic E-state index is 0.329. The van der Waals surface area contributed by atoms with E-state index in [0.717, 1.165) is 24.0 Å². The SMILES string of the molecule is Cc1cc(C)c(C(=O)C2CC2)cc1C. The molecule has 1 aliphatic rings. The first kappa shape index (κ1) is 9.45. The zero-order valence-corrected chi connectivity index (χ0v) is 9.05. The third kappa shape index (κ3) is 1.59. The van der Waals surface area contributed by atoms with Crippen LogP contribution in [-0.4, -0.2) is 5.78 Å². The van der Waals surface area contributed by atoms with Gasteiger partial charge in [-0.3, -0.25) is 4.79 Å². The summed E-state index contributed by atoms with van der Waals surface area (Å²) in [6.07, 6.45) is 2.18. The number of ketones is 1. The van der Waals surface area contributed by atoms with E-state index in [2.05, 4.69) is 19.9 Å². The summed E-state index contributed by atoms with van der Waals surface area (Å²) in [5.41, 5.74) is 4.56. The van der Waals surface area contributed by atoms with E-state index < -0.39 is 0 Å². The minimum absolute atomic E-state index is 0.329. The Balaban J connectivity index is 2.41. The normalized spacial score (nSPS) is 15.6. The Bertz CT molecular complexity index is 386. The van der Waals surface area contributed by atoms with Gasteiger partial charge in [0.2, 0.25) is 0 Å². The molecule has 1 nitrogen and oxygen atoms in total. The lowest BCUT2D eigenvalue weighted by Crippen LogP contribution is -2.05. The fourth-order valence-corrected chi connectivity index (χ4v) is 1.79. The number of Topliss-reactive ketones (excluding diaryl/α,β-unsaturated/α-hetero) is 1. The van der Waals surface area contributed by atoms with E-state index in [1.807, 2.05) is 13.0 Å². The minimum Gasteiger partial charge on any atom is -0.294 e. The van der Waals surface area contributed by atoms with Gasteiger partial charge in [0.25, 0.3) is 0 Å². The van der Waals surface area contributed by atoms with Crippen LogP contribution in [0.25, 0.3) is 0 Å². The van der Waals surface area contributed by atoms with Crippen LogP contribution in [-0.2, 0) is 0 Å². The molecule has 0 saturated heterocycles. The molecule has 1 aromatic carbocycles. The molecular formula is C13H16O. The van der Waals surface area contributed by atoms with E-state index in [9.17, 15) is 4.79 Å². The van der Waals surface area contributed by atoms with Gasteiger partial charge in [-0.05, 0) is 56.4 Å². The summed E-state index contributed by atoms with van der Waals surface area (Å²) in [4.78, 5) is 11.9. The Morgan fingerprint density at radius 1 is 1.07 bits per heavy atom. The Hall–Kier alpha value is -1.11. The summed E-state index contributed by atoms with van der Waals surface area (Å²) >= 11 is 0. The Morgan fingerprint density at radius 2 is 1.64 bits per heavy atom. The van der Waals surface area contributed by atoms with Crippen molar-refractivity contribution in [2.24, 2.45) is 5.92 Å². The number of aryl methyl sites for hydroxylation is 3. The van der Waals surface area contributed by atoms with Crippen molar-refractivity contribution in [3.8, 4) is 0 Å². The van der Waals surface area contributed by atoms with E-state index in [1.54, 1.807) is 0 Å². The van der Waals surface area contributed by atoms with Crippen molar-refractivity contribution >= 4 is 5.78 Å². The number of benzene rings is 1. The first-order valence-corrected chi connectivity index (χ1v) is 5.21. The maximum Gasteiger partial charge on any atom is 0.166 e. The second kappa shape index (κ2) is 3.23. The van der Waals surface area contributed by atoms with Crippen LogP contribution in [0.1, 0.15) is 39.9 Å². The molecule has 1 fully saturated rings. The fraction of sp³-hybridized carbons (Fsp3) is 0.462. The van der Waals surface area contributed by atoms with Crippen molar-refractivity contribution in [1.29, 1.82) is 0 Å². The predicted molar refractivity (Wildman–Crippen MR) is 57.7 cm³/mol. The van der Waals surface area contributed by atoms with E-state index in [4.69, 9.17) is 0 Å². The molecule has 14 heavy (non-hydrogen) atoms. The second-order valence-electron chi connectivity index (χ2n) is 4.39. The van der Waals surface area contributed by atoms with Crippen molar-refractivity contribution in [2.75, 3.05) is 0 Å². The molecule has 0 amide bonds. The molecule has 1 aromatic rings. The molecule has 1 heteroatoms. The summed E-state index contributed by atoms with van der Waals surface area (Å²) in [6, 6.07) is 4.16. The first-order chi connectivity index (χ1) is 6.59. The lowest BCUT2D eigenvalue weighted by Gasteiger charge is -2.08. The van der Waals surface area contributed by atoms with Gasteiger partial charge in [-0.25, -0.2) is 0 Å². The van der Waals surface area contributed by atoms with Crippen LogP contribution < -0.4 is 0 Å². The van der Waals surface area contributed by atoms with Crippen LogP contribution in [0.5, 0.6) is 0 Å². The van der Waals surface area contributed by atoms with Gasteiger partial charge in [-0.15, -0.1) is 0 Å². The molecule has 0 aromatic heterocycles. The van der Waals surface area contributed by atoms with Crippen LogP contribution in [0.4, 0.5) is 0 Å². The van der Waals surface area contributed by atoms with Gasteiger partial charge in [-0.2, -0.15) is 0 Å². The molecule has 1 aliphatic carbocycles. The molecule has 1 saturated carbocycles. The van der Waals surface area contributed by atoms with Gasteiger partial charge >= 0.3 is 0 Å². The van der Waals surface area contributed by atoms with Gasteiger partial charge in [0, 0.05) is 11.5 Å². The third-order valence-corrected chi connectivity index (χ3v) is 3.05. The predicted octanol–water partition coefficient (Wildman–Crippen LogP) is 3.20. The van der Waals surface area contributed by atoms with Crippen molar-refractivity contribution in [1.82, 2.24) is 0 Å². The van der Waals surface area contributed by atoms with Crippen molar-refractivity contribution in [2.45, 2.75) is 33.6 Å². The van der Waals surface area contributed by atoms with Gasteiger partial charge < -0.3 is 0 Å². The smallest absolute Gasteiger partial charge is 0.166 e. The van der Waals surface area contributed by atoms with Gasteiger partial charge in [0.15, 0.2) is 5.78 Å². The topological polar surface area (TPSA) is 17.1 Å². The average Bonchev–Trinajstić information content (AvgIpc) is 2.93. The van der Waals surface area contributed by atoms with Gasteiger partial charge in [0.1, 0.15) is 0 Å². The molecule has 0 heterocycles. The largest absolute Gasteiger partial charge is 0.294 e. The third-order valence-electron chi connectivity index (χ3n) is 3.05. The standard InChI is InChI=1S/C13H16O/c1-8-6-10(3)12(7-9(8)2)13(14)11-4-5-11/h6-7,11H,4-5H2,1-3H3. The van der Waals surface area contributed by atoms with E-state index in [1.165, 1.54) is 11.1 Å². The molecule has 0 N–H and O–H groups in total. The van der Waals surface area contributed by atoms with Crippen molar-refractivity contribution in [3.63, 3.8) is 0 Å². The van der Waals surface area contributed by atoms with Gasteiger partial charge in [-0.1, -0.05) is 6.07 Å². The lowest BCUT2D eigenvalue weighted by molar-refractivity contribution is 0.0967. The summed E-state index contributed by atoms with van der Waals surface area (Å²) in [6.45, 7) is 6.19.